The Morgan fingerprint density at radius 2 is 2.00 bits per heavy atom. The van der Waals surface area contributed by atoms with Gasteiger partial charge in [0.15, 0.2) is 11.5 Å². The van der Waals surface area contributed by atoms with Crippen molar-refractivity contribution in [2.45, 2.75) is 12.5 Å². The number of benzene rings is 1. The van der Waals surface area contributed by atoms with Crippen LogP contribution in [0.4, 0.5) is 13.2 Å². The van der Waals surface area contributed by atoms with Gasteiger partial charge in [-0.3, -0.25) is 0 Å². The molecule has 0 saturated carbocycles. The Morgan fingerprint density at radius 3 is 2.63 bits per heavy atom. The lowest BCUT2D eigenvalue weighted by Gasteiger charge is -2.24. The minimum atomic E-state index is -4.73. The van der Waals surface area contributed by atoms with E-state index in [1.807, 2.05) is 0 Å². The van der Waals surface area contributed by atoms with E-state index in [-0.39, 0.29) is 24.2 Å². The van der Waals surface area contributed by atoms with Crippen molar-refractivity contribution in [1.29, 1.82) is 0 Å². The van der Waals surface area contributed by atoms with Crippen LogP contribution in [-0.2, 0) is 4.74 Å². The summed E-state index contributed by atoms with van der Waals surface area (Å²) in [6.45, 7) is 2.12. The fourth-order valence-electron chi connectivity index (χ4n) is 1.69. The van der Waals surface area contributed by atoms with E-state index in [2.05, 4.69) is 10.1 Å². The number of rotatable bonds is 4. The first-order chi connectivity index (χ1) is 9.04. The van der Waals surface area contributed by atoms with E-state index in [1.54, 1.807) is 6.07 Å². The molecular formula is C12H14F3NO3. The Kier molecular flexibility index (Phi) is 4.49. The minimum Gasteiger partial charge on any atom is -0.487 e. The van der Waals surface area contributed by atoms with Crippen molar-refractivity contribution in [3.05, 3.63) is 24.3 Å². The Morgan fingerprint density at radius 1 is 1.26 bits per heavy atom. The van der Waals surface area contributed by atoms with Gasteiger partial charge in [-0.15, -0.1) is 13.2 Å². The van der Waals surface area contributed by atoms with E-state index >= 15 is 0 Å². The summed E-state index contributed by atoms with van der Waals surface area (Å²) < 4.78 is 51.2. The molecule has 2 rings (SSSR count). The second-order valence-corrected chi connectivity index (χ2v) is 4.00. The van der Waals surface area contributed by atoms with Gasteiger partial charge in [0, 0.05) is 13.1 Å². The summed E-state index contributed by atoms with van der Waals surface area (Å²) in [5, 5.41) is 3.11. The summed E-state index contributed by atoms with van der Waals surface area (Å²) in [4.78, 5) is 0. The molecule has 1 aromatic rings. The quantitative estimate of drug-likeness (QED) is 0.913. The van der Waals surface area contributed by atoms with Crippen LogP contribution in [-0.4, -0.2) is 38.8 Å². The molecule has 1 atom stereocenters. The maximum Gasteiger partial charge on any atom is 0.573 e. The Bertz CT molecular complexity index is 405. The average Bonchev–Trinajstić information content (AvgIpc) is 2.37. The lowest BCUT2D eigenvalue weighted by molar-refractivity contribution is -0.275. The molecule has 1 aliphatic heterocycles. The van der Waals surface area contributed by atoms with Crippen molar-refractivity contribution in [2.75, 3.05) is 26.3 Å². The van der Waals surface area contributed by atoms with Crippen molar-refractivity contribution in [3.63, 3.8) is 0 Å². The third kappa shape index (κ3) is 4.60. The molecule has 1 N–H and O–H groups in total. The largest absolute Gasteiger partial charge is 0.573 e. The highest BCUT2D eigenvalue weighted by Gasteiger charge is 2.32. The smallest absolute Gasteiger partial charge is 0.487 e. The lowest BCUT2D eigenvalue weighted by Crippen LogP contribution is -2.41. The molecule has 4 nitrogen and oxygen atoms in total. The molecule has 0 radical (unpaired) electrons. The van der Waals surface area contributed by atoms with Gasteiger partial charge in [-0.05, 0) is 12.1 Å². The van der Waals surface area contributed by atoms with Crippen LogP contribution in [0.2, 0.25) is 0 Å². The van der Waals surface area contributed by atoms with Crippen molar-refractivity contribution >= 4 is 0 Å². The molecule has 1 fully saturated rings. The van der Waals surface area contributed by atoms with Gasteiger partial charge in [-0.2, -0.15) is 0 Å². The van der Waals surface area contributed by atoms with Crippen LogP contribution < -0.4 is 14.8 Å². The molecule has 19 heavy (non-hydrogen) atoms. The first-order valence-corrected chi connectivity index (χ1v) is 5.84. The van der Waals surface area contributed by atoms with E-state index < -0.39 is 6.36 Å². The molecule has 0 spiro atoms. The second kappa shape index (κ2) is 6.12. The second-order valence-electron chi connectivity index (χ2n) is 4.00. The zero-order valence-corrected chi connectivity index (χ0v) is 10.1. The molecule has 0 amide bonds. The number of alkyl halides is 3. The number of hydrogen-bond acceptors (Lipinski definition) is 4. The van der Waals surface area contributed by atoms with E-state index in [1.165, 1.54) is 18.2 Å². The van der Waals surface area contributed by atoms with Crippen LogP contribution in [0.5, 0.6) is 11.5 Å². The van der Waals surface area contributed by atoms with Crippen molar-refractivity contribution in [1.82, 2.24) is 5.32 Å². The maximum atomic E-state index is 12.2. The van der Waals surface area contributed by atoms with Crippen LogP contribution >= 0.6 is 0 Å². The fourth-order valence-corrected chi connectivity index (χ4v) is 1.69. The van der Waals surface area contributed by atoms with E-state index in [0.29, 0.717) is 13.2 Å². The number of hydrogen-bond donors (Lipinski definition) is 1. The van der Waals surface area contributed by atoms with Gasteiger partial charge in [0.2, 0.25) is 0 Å². The normalized spacial score (nSPS) is 20.1. The molecule has 0 aliphatic carbocycles. The standard InChI is InChI=1S/C12H14F3NO3/c13-12(14,15)19-11-4-2-1-3-10(11)18-8-9-7-16-5-6-17-9/h1-4,9,16H,5-8H2. The highest BCUT2D eigenvalue weighted by Crippen LogP contribution is 2.31. The molecule has 1 aromatic carbocycles. The van der Waals surface area contributed by atoms with Crippen LogP contribution in [0.1, 0.15) is 0 Å². The van der Waals surface area contributed by atoms with Crippen molar-refractivity contribution in [2.24, 2.45) is 0 Å². The van der Waals surface area contributed by atoms with E-state index in [9.17, 15) is 13.2 Å². The molecule has 1 unspecified atom stereocenters. The Balaban J connectivity index is 1.95. The first kappa shape index (κ1) is 14.0. The van der Waals surface area contributed by atoms with Gasteiger partial charge < -0.3 is 19.5 Å². The van der Waals surface area contributed by atoms with Gasteiger partial charge >= 0.3 is 6.36 Å². The number of morpholine rings is 1. The summed E-state index contributed by atoms with van der Waals surface area (Å²) in [6.07, 6.45) is -4.91. The Hall–Kier alpha value is -1.47. The van der Waals surface area contributed by atoms with Crippen molar-refractivity contribution in [3.8, 4) is 11.5 Å². The number of nitrogens with one attached hydrogen (secondary N) is 1. The highest BCUT2D eigenvalue weighted by atomic mass is 19.4. The highest BCUT2D eigenvalue weighted by molar-refractivity contribution is 5.39. The molecule has 1 saturated heterocycles. The van der Waals surface area contributed by atoms with Crippen LogP contribution in [0.3, 0.4) is 0 Å². The lowest BCUT2D eigenvalue weighted by atomic mass is 10.3. The topological polar surface area (TPSA) is 39.7 Å². The maximum absolute atomic E-state index is 12.2. The molecule has 0 aromatic heterocycles. The third-order valence-electron chi connectivity index (χ3n) is 2.50. The van der Waals surface area contributed by atoms with Gasteiger partial charge in [0.05, 0.1) is 6.61 Å². The molecule has 106 valence electrons. The summed E-state index contributed by atoms with van der Waals surface area (Å²) in [6, 6.07) is 5.67. The summed E-state index contributed by atoms with van der Waals surface area (Å²) in [5.41, 5.74) is 0. The SMILES string of the molecule is FC(F)(F)Oc1ccccc1OCC1CNCCO1. The van der Waals surface area contributed by atoms with Gasteiger partial charge in [0.25, 0.3) is 0 Å². The fraction of sp³-hybridized carbons (Fsp3) is 0.500. The third-order valence-corrected chi connectivity index (χ3v) is 2.50. The summed E-state index contributed by atoms with van der Waals surface area (Å²) in [5.74, 6) is -0.298. The van der Waals surface area contributed by atoms with Gasteiger partial charge in [0.1, 0.15) is 12.7 Å². The number of para-hydroxylation sites is 2. The molecule has 1 aliphatic rings. The monoisotopic (exact) mass is 277 g/mol. The van der Waals surface area contributed by atoms with Crippen LogP contribution in [0, 0.1) is 0 Å². The van der Waals surface area contributed by atoms with Crippen LogP contribution in [0.25, 0.3) is 0 Å². The molecule has 1 heterocycles. The number of halogens is 3. The zero-order valence-electron chi connectivity index (χ0n) is 10.1. The number of ether oxygens (including phenoxy) is 3. The van der Waals surface area contributed by atoms with Gasteiger partial charge in [-0.25, -0.2) is 0 Å². The Labute approximate surface area is 108 Å². The van der Waals surface area contributed by atoms with Crippen LogP contribution in [0.15, 0.2) is 24.3 Å². The molecular weight excluding hydrogens is 263 g/mol. The van der Waals surface area contributed by atoms with E-state index in [0.717, 1.165) is 6.54 Å². The van der Waals surface area contributed by atoms with Gasteiger partial charge in [-0.1, -0.05) is 12.1 Å². The summed E-state index contributed by atoms with van der Waals surface area (Å²) in [7, 11) is 0. The van der Waals surface area contributed by atoms with E-state index in [4.69, 9.17) is 9.47 Å². The predicted molar refractivity (Wildman–Crippen MR) is 61.2 cm³/mol. The molecule has 7 heteroatoms. The summed E-state index contributed by atoms with van der Waals surface area (Å²) >= 11 is 0. The first-order valence-electron chi connectivity index (χ1n) is 5.84. The molecule has 0 bridgehead atoms. The van der Waals surface area contributed by atoms with Crippen molar-refractivity contribution < 1.29 is 27.4 Å². The average molecular weight is 277 g/mol. The zero-order chi connectivity index (χ0) is 13.7. The minimum absolute atomic E-state index is 0.0500. The predicted octanol–water partition coefficient (Wildman–Crippen LogP) is 1.95.